The topological polar surface area (TPSA) is 92.4 Å². The third-order valence-electron chi connectivity index (χ3n) is 2.84. The molecule has 0 saturated heterocycles. The summed E-state index contributed by atoms with van der Waals surface area (Å²) < 4.78 is 10.4. The van der Waals surface area contributed by atoms with Gasteiger partial charge in [-0.25, -0.2) is 9.78 Å². The SMILES string of the molecule is COc1ccc(/C=C(\C#N)c2nc(C)cs2)c(OCC(=O)O)c1. The molecule has 0 unspecified atom stereocenters. The molecule has 0 amide bonds. The first kappa shape index (κ1) is 16.5. The highest BCUT2D eigenvalue weighted by molar-refractivity contribution is 7.11. The third-order valence-corrected chi connectivity index (χ3v) is 3.84. The quantitative estimate of drug-likeness (QED) is 0.819. The Hall–Kier alpha value is -2.85. The molecule has 23 heavy (non-hydrogen) atoms. The molecule has 0 saturated carbocycles. The van der Waals surface area contributed by atoms with E-state index in [4.69, 9.17) is 14.6 Å². The maximum atomic E-state index is 10.7. The lowest BCUT2D eigenvalue weighted by atomic mass is 10.1. The first-order chi connectivity index (χ1) is 11.0. The van der Waals surface area contributed by atoms with Gasteiger partial charge in [-0.2, -0.15) is 5.26 Å². The summed E-state index contributed by atoms with van der Waals surface area (Å²) >= 11 is 1.37. The molecule has 7 heteroatoms. The molecule has 118 valence electrons. The van der Waals surface area contributed by atoms with Crippen LogP contribution in [0.1, 0.15) is 16.3 Å². The smallest absolute Gasteiger partial charge is 0.341 e. The van der Waals surface area contributed by atoms with E-state index < -0.39 is 12.6 Å². The first-order valence-corrected chi connectivity index (χ1v) is 7.48. The number of carboxylic acids is 1. The zero-order valence-electron chi connectivity index (χ0n) is 12.6. The molecule has 1 aromatic carbocycles. The van der Waals surface area contributed by atoms with Crippen LogP contribution in [0.3, 0.4) is 0 Å². The minimum Gasteiger partial charge on any atom is -0.497 e. The van der Waals surface area contributed by atoms with Crippen LogP contribution in [0.5, 0.6) is 11.5 Å². The fourth-order valence-electron chi connectivity index (χ4n) is 1.80. The number of allylic oxidation sites excluding steroid dienone is 1. The lowest BCUT2D eigenvalue weighted by Gasteiger charge is -2.09. The minimum absolute atomic E-state index is 0.327. The number of carbonyl (C=O) groups is 1. The van der Waals surface area contributed by atoms with Crippen molar-refractivity contribution in [3.05, 3.63) is 39.8 Å². The molecular formula is C16H14N2O4S. The normalized spacial score (nSPS) is 10.9. The Balaban J connectivity index is 2.42. The van der Waals surface area contributed by atoms with Gasteiger partial charge in [0, 0.05) is 22.7 Å². The Kier molecular flexibility index (Phi) is 5.33. The Bertz CT molecular complexity index is 790. The van der Waals surface area contributed by atoms with Crippen LogP contribution in [0.25, 0.3) is 11.6 Å². The van der Waals surface area contributed by atoms with Crippen molar-refractivity contribution in [1.29, 1.82) is 5.26 Å². The van der Waals surface area contributed by atoms with Gasteiger partial charge in [0.25, 0.3) is 0 Å². The maximum absolute atomic E-state index is 10.7. The van der Waals surface area contributed by atoms with Crippen LogP contribution in [-0.4, -0.2) is 29.8 Å². The highest BCUT2D eigenvalue weighted by Gasteiger charge is 2.10. The molecule has 2 rings (SSSR count). The van der Waals surface area contributed by atoms with Crippen LogP contribution in [0.15, 0.2) is 23.6 Å². The van der Waals surface area contributed by atoms with Crippen molar-refractivity contribution < 1.29 is 19.4 Å². The van der Waals surface area contributed by atoms with Crippen molar-refractivity contribution >= 4 is 29.0 Å². The summed E-state index contributed by atoms with van der Waals surface area (Å²) in [5, 5.41) is 20.6. The number of nitrogens with zero attached hydrogens (tertiary/aromatic N) is 2. The van der Waals surface area contributed by atoms with E-state index in [9.17, 15) is 10.1 Å². The molecule has 1 aromatic heterocycles. The van der Waals surface area contributed by atoms with Crippen molar-refractivity contribution in [3.8, 4) is 17.6 Å². The average molecular weight is 330 g/mol. The van der Waals surface area contributed by atoms with Crippen molar-refractivity contribution in [2.24, 2.45) is 0 Å². The van der Waals surface area contributed by atoms with E-state index in [0.29, 0.717) is 27.6 Å². The second-order valence-corrected chi connectivity index (χ2v) is 5.41. The zero-order chi connectivity index (χ0) is 16.8. The highest BCUT2D eigenvalue weighted by Crippen LogP contribution is 2.29. The largest absolute Gasteiger partial charge is 0.497 e. The standard InChI is InChI=1S/C16H14N2O4S/c1-10-9-23-16(18-10)12(7-17)5-11-3-4-13(21-2)6-14(11)22-8-15(19)20/h3-6,9H,8H2,1-2H3,(H,19,20)/b12-5+. The van der Waals surface area contributed by atoms with Gasteiger partial charge in [-0.15, -0.1) is 11.3 Å². The number of aliphatic carboxylic acids is 1. The van der Waals surface area contributed by atoms with Gasteiger partial charge < -0.3 is 14.6 Å². The van der Waals surface area contributed by atoms with Crippen LogP contribution in [0, 0.1) is 18.3 Å². The Morgan fingerprint density at radius 1 is 1.52 bits per heavy atom. The van der Waals surface area contributed by atoms with Crippen LogP contribution in [0.4, 0.5) is 0 Å². The number of carboxylic acid groups (broad SMARTS) is 1. The number of aromatic nitrogens is 1. The molecule has 1 N–H and O–H groups in total. The number of rotatable bonds is 6. The molecule has 1 heterocycles. The predicted octanol–water partition coefficient (Wildman–Crippen LogP) is 2.99. The number of hydrogen-bond acceptors (Lipinski definition) is 6. The number of ether oxygens (including phenoxy) is 2. The second-order valence-electron chi connectivity index (χ2n) is 4.55. The number of aryl methyl sites for hydroxylation is 1. The van der Waals surface area contributed by atoms with Crippen LogP contribution < -0.4 is 9.47 Å². The molecule has 0 aliphatic heterocycles. The molecule has 0 aliphatic carbocycles. The zero-order valence-corrected chi connectivity index (χ0v) is 13.4. The molecule has 0 fully saturated rings. The van der Waals surface area contributed by atoms with Gasteiger partial charge in [0.05, 0.1) is 12.7 Å². The predicted molar refractivity (Wildman–Crippen MR) is 86.5 cm³/mol. The van der Waals surface area contributed by atoms with Gasteiger partial charge in [0.1, 0.15) is 22.6 Å². The lowest BCUT2D eigenvalue weighted by Crippen LogP contribution is -2.10. The molecule has 2 aromatic rings. The van der Waals surface area contributed by atoms with Crippen molar-refractivity contribution in [2.75, 3.05) is 13.7 Å². The Morgan fingerprint density at radius 2 is 2.30 bits per heavy atom. The number of nitriles is 1. The van der Waals surface area contributed by atoms with Gasteiger partial charge in [0.2, 0.25) is 0 Å². The fraction of sp³-hybridized carbons (Fsp3) is 0.188. The van der Waals surface area contributed by atoms with Crippen molar-refractivity contribution in [1.82, 2.24) is 4.98 Å². The summed E-state index contributed by atoms with van der Waals surface area (Å²) in [4.78, 5) is 15.0. The summed E-state index contributed by atoms with van der Waals surface area (Å²) in [5.74, 6) is -0.224. The fourth-order valence-corrected chi connectivity index (χ4v) is 2.56. The number of methoxy groups -OCH3 is 1. The first-order valence-electron chi connectivity index (χ1n) is 6.60. The van der Waals surface area contributed by atoms with E-state index in [2.05, 4.69) is 11.1 Å². The van der Waals surface area contributed by atoms with E-state index in [-0.39, 0.29) is 0 Å². The Labute approximate surface area is 137 Å². The average Bonchev–Trinajstić information content (AvgIpc) is 2.97. The summed E-state index contributed by atoms with van der Waals surface area (Å²) in [6, 6.07) is 7.10. The monoisotopic (exact) mass is 330 g/mol. The van der Waals surface area contributed by atoms with Crippen LogP contribution in [0.2, 0.25) is 0 Å². The molecular weight excluding hydrogens is 316 g/mol. The van der Waals surface area contributed by atoms with E-state index in [1.807, 2.05) is 12.3 Å². The summed E-state index contributed by atoms with van der Waals surface area (Å²) in [6.45, 7) is 1.37. The Morgan fingerprint density at radius 3 is 2.87 bits per heavy atom. The van der Waals surface area contributed by atoms with Crippen LogP contribution >= 0.6 is 11.3 Å². The van der Waals surface area contributed by atoms with Crippen molar-refractivity contribution in [3.63, 3.8) is 0 Å². The summed E-state index contributed by atoms with van der Waals surface area (Å²) in [6.07, 6.45) is 1.62. The minimum atomic E-state index is -1.08. The molecule has 0 bridgehead atoms. The summed E-state index contributed by atoms with van der Waals surface area (Å²) in [5.41, 5.74) is 1.80. The maximum Gasteiger partial charge on any atom is 0.341 e. The van der Waals surface area contributed by atoms with Gasteiger partial charge in [-0.1, -0.05) is 0 Å². The molecule has 6 nitrogen and oxygen atoms in total. The van der Waals surface area contributed by atoms with E-state index in [1.54, 1.807) is 24.3 Å². The van der Waals surface area contributed by atoms with Crippen LogP contribution in [-0.2, 0) is 4.79 Å². The van der Waals surface area contributed by atoms with Gasteiger partial charge in [-0.05, 0) is 25.1 Å². The third kappa shape index (κ3) is 4.31. The molecule has 0 atom stereocenters. The summed E-state index contributed by atoms with van der Waals surface area (Å²) in [7, 11) is 1.50. The highest BCUT2D eigenvalue weighted by atomic mass is 32.1. The van der Waals surface area contributed by atoms with Gasteiger partial charge in [-0.3, -0.25) is 0 Å². The number of benzene rings is 1. The molecule has 0 spiro atoms. The van der Waals surface area contributed by atoms with E-state index >= 15 is 0 Å². The number of hydrogen-bond donors (Lipinski definition) is 1. The molecule has 0 aliphatic rings. The van der Waals surface area contributed by atoms with Crippen molar-refractivity contribution in [2.45, 2.75) is 6.92 Å². The lowest BCUT2D eigenvalue weighted by molar-refractivity contribution is -0.139. The van der Waals surface area contributed by atoms with Gasteiger partial charge in [0.15, 0.2) is 6.61 Å². The van der Waals surface area contributed by atoms with E-state index in [1.165, 1.54) is 18.4 Å². The van der Waals surface area contributed by atoms with E-state index in [0.717, 1.165) is 5.69 Å². The van der Waals surface area contributed by atoms with Gasteiger partial charge >= 0.3 is 5.97 Å². The number of thiazole rings is 1. The second kappa shape index (κ2) is 7.42. The molecule has 0 radical (unpaired) electrons.